The van der Waals surface area contributed by atoms with Crippen molar-refractivity contribution in [3.05, 3.63) is 54.2 Å². The Morgan fingerprint density at radius 3 is 2.90 bits per heavy atom. The zero-order valence-corrected chi connectivity index (χ0v) is 16.6. The molecule has 1 saturated heterocycles. The number of aromatic nitrogens is 3. The Morgan fingerprint density at radius 1 is 1.28 bits per heavy atom. The van der Waals surface area contributed by atoms with E-state index in [4.69, 9.17) is 14.5 Å². The summed E-state index contributed by atoms with van der Waals surface area (Å²) in [6.45, 7) is 6.74. The van der Waals surface area contributed by atoms with Crippen molar-refractivity contribution in [3.63, 3.8) is 0 Å². The smallest absolute Gasteiger partial charge is 0.410 e. The number of hydrogen-bond acceptors (Lipinski definition) is 5. The van der Waals surface area contributed by atoms with E-state index in [0.29, 0.717) is 42.4 Å². The summed E-state index contributed by atoms with van der Waals surface area (Å²) in [7, 11) is 0. The predicted molar refractivity (Wildman–Crippen MR) is 105 cm³/mol. The highest BCUT2D eigenvalue weighted by molar-refractivity contribution is 5.68. The quantitative estimate of drug-likeness (QED) is 0.656. The van der Waals surface area contributed by atoms with Crippen LogP contribution in [-0.2, 0) is 9.47 Å². The van der Waals surface area contributed by atoms with E-state index in [0.717, 1.165) is 0 Å². The standard InChI is InChI=1S/C21H23FN4O3/c1-21(2,3)29-20(27)25-9-10-28-18(13-25)16-6-4-5-15(24-16)17-11-23-19-8-7-14(22)12-26(17)19/h4-8,11-12,18H,9-10,13H2,1-3H3. The highest BCUT2D eigenvalue weighted by Gasteiger charge is 2.29. The van der Waals surface area contributed by atoms with Crippen molar-refractivity contribution in [3.8, 4) is 11.4 Å². The van der Waals surface area contributed by atoms with E-state index in [1.165, 1.54) is 12.3 Å². The van der Waals surface area contributed by atoms with E-state index in [9.17, 15) is 9.18 Å². The molecule has 29 heavy (non-hydrogen) atoms. The maximum Gasteiger partial charge on any atom is 0.410 e. The molecular formula is C21H23FN4O3. The Labute approximate surface area is 168 Å². The van der Waals surface area contributed by atoms with Gasteiger partial charge in [0.05, 0.1) is 36.4 Å². The number of amides is 1. The van der Waals surface area contributed by atoms with Crippen molar-refractivity contribution < 1.29 is 18.7 Å². The summed E-state index contributed by atoms with van der Waals surface area (Å²) in [6.07, 6.45) is 2.31. The van der Waals surface area contributed by atoms with E-state index in [1.54, 1.807) is 21.6 Å². The molecule has 0 spiro atoms. The van der Waals surface area contributed by atoms with Crippen LogP contribution in [0.1, 0.15) is 32.6 Å². The van der Waals surface area contributed by atoms with Crippen LogP contribution in [0, 0.1) is 5.82 Å². The molecule has 0 bridgehead atoms. The van der Waals surface area contributed by atoms with E-state index < -0.39 is 5.60 Å². The third kappa shape index (κ3) is 4.22. The molecular weight excluding hydrogens is 375 g/mol. The van der Waals surface area contributed by atoms with Gasteiger partial charge in [-0.25, -0.2) is 19.2 Å². The molecule has 1 unspecified atom stereocenters. The maximum absolute atomic E-state index is 13.7. The van der Waals surface area contributed by atoms with E-state index >= 15 is 0 Å². The Balaban J connectivity index is 1.58. The van der Waals surface area contributed by atoms with Crippen molar-refractivity contribution >= 4 is 11.7 Å². The van der Waals surface area contributed by atoms with Gasteiger partial charge in [-0.15, -0.1) is 0 Å². The summed E-state index contributed by atoms with van der Waals surface area (Å²) >= 11 is 0. The number of hydrogen-bond donors (Lipinski definition) is 0. The lowest BCUT2D eigenvalue weighted by molar-refractivity contribution is -0.0446. The minimum atomic E-state index is -0.554. The van der Waals surface area contributed by atoms with Crippen LogP contribution in [0.5, 0.6) is 0 Å². The van der Waals surface area contributed by atoms with Crippen LogP contribution >= 0.6 is 0 Å². The first-order chi connectivity index (χ1) is 13.8. The molecule has 1 aliphatic rings. The first-order valence-corrected chi connectivity index (χ1v) is 9.50. The number of pyridine rings is 2. The fraction of sp³-hybridized carbons (Fsp3) is 0.381. The van der Waals surface area contributed by atoms with Gasteiger partial charge in [-0.2, -0.15) is 0 Å². The van der Waals surface area contributed by atoms with Gasteiger partial charge in [0.2, 0.25) is 0 Å². The van der Waals surface area contributed by atoms with Gasteiger partial charge < -0.3 is 14.4 Å². The highest BCUT2D eigenvalue weighted by atomic mass is 19.1. The van der Waals surface area contributed by atoms with Crippen LogP contribution in [-0.4, -0.2) is 50.7 Å². The molecule has 1 amide bonds. The second-order valence-corrected chi connectivity index (χ2v) is 7.95. The average molecular weight is 398 g/mol. The predicted octanol–water partition coefficient (Wildman–Crippen LogP) is 3.84. The summed E-state index contributed by atoms with van der Waals surface area (Å²) in [5.74, 6) is -0.350. The molecule has 0 saturated carbocycles. The van der Waals surface area contributed by atoms with E-state index in [1.807, 2.05) is 39.0 Å². The third-order valence-corrected chi connectivity index (χ3v) is 4.55. The lowest BCUT2D eigenvalue weighted by Gasteiger charge is -2.34. The van der Waals surface area contributed by atoms with E-state index in [-0.39, 0.29) is 18.0 Å². The molecule has 7 nitrogen and oxygen atoms in total. The Bertz CT molecular complexity index is 1040. The minimum absolute atomic E-state index is 0.350. The largest absolute Gasteiger partial charge is 0.444 e. The number of imidazole rings is 1. The van der Waals surface area contributed by atoms with Crippen LogP contribution in [0.25, 0.3) is 17.0 Å². The first-order valence-electron chi connectivity index (χ1n) is 9.50. The van der Waals surface area contributed by atoms with Gasteiger partial charge in [0.1, 0.15) is 23.2 Å². The molecule has 4 rings (SSSR count). The Hall–Kier alpha value is -3.00. The zero-order chi connectivity index (χ0) is 20.6. The SMILES string of the molecule is CC(C)(C)OC(=O)N1CCOC(c2cccc(-c3cnc4ccc(F)cn34)n2)C1. The first kappa shape index (κ1) is 19.3. The van der Waals surface area contributed by atoms with Crippen molar-refractivity contribution in [1.82, 2.24) is 19.3 Å². The van der Waals surface area contributed by atoms with Crippen molar-refractivity contribution in [2.45, 2.75) is 32.5 Å². The molecule has 1 aliphatic heterocycles. The highest BCUT2D eigenvalue weighted by Crippen LogP contribution is 2.26. The molecule has 8 heteroatoms. The normalized spacial score (nSPS) is 17.5. The molecule has 4 heterocycles. The number of nitrogens with zero attached hydrogens (tertiary/aromatic N) is 4. The Morgan fingerprint density at radius 2 is 2.10 bits per heavy atom. The fourth-order valence-electron chi connectivity index (χ4n) is 3.24. The van der Waals surface area contributed by atoms with Gasteiger partial charge in [0, 0.05) is 12.7 Å². The summed E-state index contributed by atoms with van der Waals surface area (Å²) in [5, 5.41) is 0. The van der Waals surface area contributed by atoms with Crippen molar-refractivity contribution in [2.75, 3.05) is 19.7 Å². The van der Waals surface area contributed by atoms with Gasteiger partial charge in [0.15, 0.2) is 0 Å². The van der Waals surface area contributed by atoms with Gasteiger partial charge in [-0.05, 0) is 45.0 Å². The number of halogens is 1. The molecule has 0 N–H and O–H groups in total. The number of fused-ring (bicyclic) bond motifs is 1. The zero-order valence-electron chi connectivity index (χ0n) is 16.6. The summed E-state index contributed by atoms with van der Waals surface area (Å²) < 4.78 is 26.7. The van der Waals surface area contributed by atoms with Crippen molar-refractivity contribution in [1.29, 1.82) is 0 Å². The van der Waals surface area contributed by atoms with Gasteiger partial charge in [-0.3, -0.25) is 4.40 Å². The number of rotatable bonds is 2. The van der Waals surface area contributed by atoms with Crippen molar-refractivity contribution in [2.24, 2.45) is 0 Å². The van der Waals surface area contributed by atoms with Gasteiger partial charge in [0.25, 0.3) is 0 Å². The Kier molecular flexibility index (Phi) is 4.96. The molecule has 3 aromatic rings. The monoisotopic (exact) mass is 398 g/mol. The minimum Gasteiger partial charge on any atom is -0.444 e. The number of morpholine rings is 1. The van der Waals surface area contributed by atoms with Gasteiger partial charge in [-0.1, -0.05) is 6.07 Å². The van der Waals surface area contributed by atoms with Crippen LogP contribution in [0.3, 0.4) is 0 Å². The van der Waals surface area contributed by atoms with Crippen LogP contribution in [0.4, 0.5) is 9.18 Å². The van der Waals surface area contributed by atoms with Crippen LogP contribution in [0.15, 0.2) is 42.7 Å². The third-order valence-electron chi connectivity index (χ3n) is 4.55. The second-order valence-electron chi connectivity index (χ2n) is 7.95. The number of carbonyl (C=O) groups is 1. The maximum atomic E-state index is 13.7. The number of carbonyl (C=O) groups excluding carboxylic acids is 1. The molecule has 1 atom stereocenters. The van der Waals surface area contributed by atoms with E-state index in [2.05, 4.69) is 4.98 Å². The lowest BCUT2D eigenvalue weighted by atomic mass is 10.1. The lowest BCUT2D eigenvalue weighted by Crippen LogP contribution is -2.44. The topological polar surface area (TPSA) is 69.0 Å². The summed E-state index contributed by atoms with van der Waals surface area (Å²) in [6, 6.07) is 8.55. The molecule has 0 radical (unpaired) electrons. The summed E-state index contributed by atoms with van der Waals surface area (Å²) in [5.41, 5.74) is 2.11. The molecule has 0 aromatic carbocycles. The molecule has 1 fully saturated rings. The van der Waals surface area contributed by atoms with Crippen LogP contribution < -0.4 is 0 Å². The van der Waals surface area contributed by atoms with Crippen LogP contribution in [0.2, 0.25) is 0 Å². The second kappa shape index (κ2) is 7.44. The fourth-order valence-corrected chi connectivity index (χ4v) is 3.24. The van der Waals surface area contributed by atoms with Gasteiger partial charge >= 0.3 is 6.09 Å². The summed E-state index contributed by atoms with van der Waals surface area (Å²) in [4.78, 5) is 23.0. The molecule has 3 aromatic heterocycles. The molecule has 0 aliphatic carbocycles. The number of ether oxygens (including phenoxy) is 2. The molecule has 152 valence electrons. The average Bonchev–Trinajstić information content (AvgIpc) is 3.10.